The van der Waals surface area contributed by atoms with Crippen LogP contribution in [0.15, 0.2) is 41.3 Å². The number of hydrogen-bond donors (Lipinski definition) is 1. The van der Waals surface area contributed by atoms with Crippen molar-refractivity contribution in [3.05, 3.63) is 67.8 Å². The number of nitrogens with zero attached hydrogens (tertiary/aromatic N) is 2. The van der Waals surface area contributed by atoms with Crippen LogP contribution in [0.2, 0.25) is 0 Å². The summed E-state index contributed by atoms with van der Waals surface area (Å²) in [6, 6.07) is 7.42. The number of nitro benzene ring substituents is 2. The first-order chi connectivity index (χ1) is 12.2. The van der Waals surface area contributed by atoms with Crippen LogP contribution >= 0.6 is 11.8 Å². The number of amides is 1. The van der Waals surface area contributed by atoms with Crippen molar-refractivity contribution in [3.63, 3.8) is 0 Å². The van der Waals surface area contributed by atoms with Crippen molar-refractivity contribution in [2.75, 3.05) is 5.32 Å². The molecule has 0 saturated heterocycles. The number of anilines is 1. The summed E-state index contributed by atoms with van der Waals surface area (Å²) in [4.78, 5) is 32.9. The van der Waals surface area contributed by atoms with E-state index >= 15 is 0 Å². The van der Waals surface area contributed by atoms with Gasteiger partial charge in [-0.1, -0.05) is 23.9 Å². The molecule has 0 unspecified atom stereocenters. The van der Waals surface area contributed by atoms with Gasteiger partial charge in [-0.05, 0) is 19.1 Å². The molecule has 0 atom stereocenters. The van der Waals surface area contributed by atoms with Crippen molar-refractivity contribution in [2.24, 2.45) is 0 Å². The molecule has 0 aliphatic rings. The molecule has 0 aromatic heterocycles. The highest BCUT2D eigenvalue weighted by atomic mass is 32.2. The molecule has 0 bridgehead atoms. The molecule has 26 heavy (non-hydrogen) atoms. The quantitative estimate of drug-likeness (QED) is 0.450. The van der Waals surface area contributed by atoms with Gasteiger partial charge >= 0.3 is 0 Å². The van der Waals surface area contributed by atoms with Crippen LogP contribution in [0.3, 0.4) is 0 Å². The van der Waals surface area contributed by atoms with E-state index in [4.69, 9.17) is 0 Å². The third-order valence-corrected chi connectivity index (χ3v) is 4.16. The normalized spacial score (nSPS) is 10.6. The van der Waals surface area contributed by atoms with E-state index in [2.05, 4.69) is 5.32 Å². The zero-order chi connectivity index (χ0) is 19.4. The van der Waals surface area contributed by atoms with Crippen molar-refractivity contribution in [2.45, 2.75) is 17.6 Å². The predicted octanol–water partition coefficient (Wildman–Crippen LogP) is 4.38. The fraction of sp³-hybridized carbons (Fsp3) is 0.133. The summed E-state index contributed by atoms with van der Waals surface area (Å²) in [5.74, 6) is -3.59. The summed E-state index contributed by atoms with van der Waals surface area (Å²) < 4.78 is 25.2. The Bertz CT molecular complexity index is 892. The molecule has 1 amide bonds. The van der Waals surface area contributed by atoms with Gasteiger partial charge in [-0.3, -0.25) is 25.0 Å². The number of non-ortho nitro benzene ring substituents is 1. The average Bonchev–Trinajstić information content (AvgIpc) is 2.55. The minimum absolute atomic E-state index is 0.0661. The van der Waals surface area contributed by atoms with Gasteiger partial charge in [0.2, 0.25) is 0 Å². The maximum atomic E-state index is 12.6. The van der Waals surface area contributed by atoms with Gasteiger partial charge in [-0.2, -0.15) is 8.78 Å². The maximum absolute atomic E-state index is 12.6. The topological polar surface area (TPSA) is 115 Å². The van der Waals surface area contributed by atoms with Gasteiger partial charge in [-0.25, -0.2) is 0 Å². The summed E-state index contributed by atoms with van der Waals surface area (Å²) in [5, 5.41) is 24.4. The number of alkyl halides is 2. The van der Waals surface area contributed by atoms with Gasteiger partial charge < -0.3 is 5.32 Å². The smallest absolute Gasteiger partial charge is 0.288 e. The first-order valence-electron chi connectivity index (χ1n) is 6.99. The van der Waals surface area contributed by atoms with Crippen LogP contribution in [0, 0.1) is 27.2 Å². The highest BCUT2D eigenvalue weighted by Crippen LogP contribution is 2.33. The maximum Gasteiger partial charge on any atom is 0.288 e. The highest BCUT2D eigenvalue weighted by molar-refractivity contribution is 7.99. The SMILES string of the molecule is Cc1c(C(=O)Nc2ccccc2SC(F)F)cc([N+](=O)[O-])cc1[N+](=O)[O-]. The molecular weight excluding hydrogens is 372 g/mol. The van der Waals surface area contributed by atoms with Crippen LogP contribution in [0.5, 0.6) is 0 Å². The number of thioether (sulfide) groups is 1. The van der Waals surface area contributed by atoms with E-state index in [1.165, 1.54) is 31.2 Å². The number of para-hydroxylation sites is 1. The minimum Gasteiger partial charge on any atom is -0.321 e. The lowest BCUT2D eigenvalue weighted by atomic mass is 10.0. The fourth-order valence-corrected chi connectivity index (χ4v) is 2.77. The van der Waals surface area contributed by atoms with Gasteiger partial charge in [0.25, 0.3) is 23.0 Å². The lowest BCUT2D eigenvalue weighted by Gasteiger charge is -2.11. The summed E-state index contributed by atoms with van der Waals surface area (Å²) in [5.41, 5.74) is -1.50. The largest absolute Gasteiger partial charge is 0.321 e. The van der Waals surface area contributed by atoms with Gasteiger partial charge in [-0.15, -0.1) is 0 Å². The minimum atomic E-state index is -2.71. The molecule has 0 heterocycles. The van der Waals surface area contributed by atoms with Gasteiger partial charge in [0, 0.05) is 16.5 Å². The van der Waals surface area contributed by atoms with Crippen LogP contribution in [-0.2, 0) is 0 Å². The highest BCUT2D eigenvalue weighted by Gasteiger charge is 2.25. The Morgan fingerprint density at radius 1 is 1.15 bits per heavy atom. The molecule has 0 radical (unpaired) electrons. The second-order valence-corrected chi connectivity index (χ2v) is 6.01. The van der Waals surface area contributed by atoms with E-state index in [9.17, 15) is 33.8 Å². The molecule has 1 N–H and O–H groups in total. The molecule has 11 heteroatoms. The fourth-order valence-electron chi connectivity index (χ4n) is 2.17. The number of benzene rings is 2. The van der Waals surface area contributed by atoms with Crippen LogP contribution in [0.25, 0.3) is 0 Å². The molecule has 0 saturated carbocycles. The Morgan fingerprint density at radius 3 is 2.38 bits per heavy atom. The van der Waals surface area contributed by atoms with Crippen LogP contribution in [0.1, 0.15) is 15.9 Å². The summed E-state index contributed by atoms with van der Waals surface area (Å²) >= 11 is 0.218. The van der Waals surface area contributed by atoms with Crippen molar-refractivity contribution in [1.29, 1.82) is 0 Å². The second-order valence-electron chi connectivity index (χ2n) is 4.98. The number of hydrogen-bond acceptors (Lipinski definition) is 6. The third kappa shape index (κ3) is 4.30. The number of carbonyl (C=O) groups excluding carboxylic acids is 1. The van der Waals surface area contributed by atoms with Crippen LogP contribution in [-0.4, -0.2) is 21.5 Å². The lowest BCUT2D eigenvalue weighted by molar-refractivity contribution is -0.394. The Labute approximate surface area is 149 Å². The van der Waals surface area contributed by atoms with E-state index in [1.54, 1.807) is 0 Å². The number of nitrogens with one attached hydrogen (secondary N) is 1. The van der Waals surface area contributed by atoms with E-state index in [-0.39, 0.29) is 33.5 Å². The zero-order valence-corrected chi connectivity index (χ0v) is 14.0. The molecular formula is C15H11F2N3O5S. The number of rotatable bonds is 6. The van der Waals surface area contributed by atoms with Gasteiger partial charge in [0.1, 0.15) is 0 Å². The molecule has 0 spiro atoms. The van der Waals surface area contributed by atoms with Crippen molar-refractivity contribution in [1.82, 2.24) is 0 Å². The molecule has 8 nitrogen and oxygen atoms in total. The molecule has 0 fully saturated rings. The van der Waals surface area contributed by atoms with E-state index in [0.717, 1.165) is 12.1 Å². The summed E-state index contributed by atoms with van der Waals surface area (Å²) in [6.45, 7) is 1.27. The molecule has 2 aromatic rings. The van der Waals surface area contributed by atoms with Crippen LogP contribution < -0.4 is 5.32 Å². The number of carbonyl (C=O) groups is 1. The summed E-state index contributed by atoms with van der Waals surface area (Å²) in [6.07, 6.45) is 0. The molecule has 136 valence electrons. The first kappa shape index (κ1) is 19.2. The lowest BCUT2D eigenvalue weighted by Crippen LogP contribution is -2.15. The average molecular weight is 383 g/mol. The van der Waals surface area contributed by atoms with Gasteiger partial charge in [0.15, 0.2) is 0 Å². The number of nitro groups is 2. The second kappa shape index (κ2) is 7.87. The monoisotopic (exact) mass is 383 g/mol. The molecule has 2 aromatic carbocycles. The van der Waals surface area contributed by atoms with E-state index < -0.39 is 32.9 Å². The third-order valence-electron chi connectivity index (χ3n) is 3.37. The molecule has 0 aliphatic carbocycles. The van der Waals surface area contributed by atoms with Gasteiger partial charge in [0.05, 0.1) is 27.2 Å². The Kier molecular flexibility index (Phi) is 5.82. The Balaban J connectivity index is 2.45. The molecule has 0 aliphatic heterocycles. The Morgan fingerprint density at radius 2 is 1.81 bits per heavy atom. The first-order valence-corrected chi connectivity index (χ1v) is 7.87. The standard InChI is InChI=1S/C15H11F2N3O5S/c1-8-10(6-9(19(22)23)7-12(8)20(24)25)14(21)18-11-4-2-3-5-13(11)26-15(16)17/h2-7,15H,1H3,(H,18,21). The van der Waals surface area contributed by atoms with Crippen LogP contribution in [0.4, 0.5) is 25.8 Å². The predicted molar refractivity (Wildman–Crippen MR) is 90.7 cm³/mol. The van der Waals surface area contributed by atoms with Crippen molar-refractivity contribution in [3.8, 4) is 0 Å². The molecule has 2 rings (SSSR count). The van der Waals surface area contributed by atoms with Crippen molar-refractivity contribution >= 4 is 34.7 Å². The number of halogens is 2. The van der Waals surface area contributed by atoms with E-state index in [1.807, 2.05) is 0 Å². The Hall–Kier alpha value is -3.08. The van der Waals surface area contributed by atoms with Crippen molar-refractivity contribution < 1.29 is 23.4 Å². The van der Waals surface area contributed by atoms with E-state index in [0.29, 0.717) is 0 Å². The zero-order valence-electron chi connectivity index (χ0n) is 13.1. The summed E-state index contributed by atoms with van der Waals surface area (Å²) in [7, 11) is 0.